The zero-order valence-electron chi connectivity index (χ0n) is 16.9. The summed E-state index contributed by atoms with van der Waals surface area (Å²) in [5.41, 5.74) is 7.58. The van der Waals surface area contributed by atoms with Gasteiger partial charge in [-0.3, -0.25) is 0 Å². The van der Waals surface area contributed by atoms with Gasteiger partial charge in [0.1, 0.15) is 5.82 Å². The highest BCUT2D eigenvalue weighted by molar-refractivity contribution is 5.77. The van der Waals surface area contributed by atoms with E-state index < -0.39 is 0 Å². The first kappa shape index (κ1) is 21.1. The van der Waals surface area contributed by atoms with Crippen LogP contribution in [0, 0.1) is 5.82 Å². The van der Waals surface area contributed by atoms with Crippen molar-refractivity contribution >= 4 is 5.96 Å². The molecular weight excluding hydrogens is 389 g/mol. The number of nitrogens with one attached hydrogen (secondary N) is 1. The smallest absolute Gasteiger partial charge is 0.227 e. The maximum Gasteiger partial charge on any atom is 0.227 e. The van der Waals surface area contributed by atoms with Crippen molar-refractivity contribution in [3.8, 4) is 22.9 Å². The van der Waals surface area contributed by atoms with Crippen LogP contribution in [0.1, 0.15) is 17.9 Å². The molecule has 3 aromatic rings. The Bertz CT molecular complexity index is 989. The zero-order chi connectivity index (χ0) is 21.3. The van der Waals surface area contributed by atoms with Crippen molar-refractivity contribution in [3.63, 3.8) is 0 Å². The molecule has 9 heteroatoms. The number of methoxy groups -OCH3 is 2. The number of nitrogens with two attached hydrogens (primary N) is 1. The molecule has 0 radical (unpaired) electrons. The Morgan fingerprint density at radius 2 is 1.90 bits per heavy atom. The molecule has 0 unspecified atom stereocenters. The largest absolute Gasteiger partial charge is 0.493 e. The average molecular weight is 413 g/mol. The highest BCUT2D eigenvalue weighted by atomic mass is 19.1. The maximum absolute atomic E-state index is 13.0. The summed E-state index contributed by atoms with van der Waals surface area (Å²) >= 11 is 0. The molecule has 8 nitrogen and oxygen atoms in total. The van der Waals surface area contributed by atoms with E-state index in [0.717, 1.165) is 12.0 Å². The van der Waals surface area contributed by atoms with Gasteiger partial charge in [-0.15, -0.1) is 0 Å². The third kappa shape index (κ3) is 5.69. The normalized spacial score (nSPS) is 11.4. The second-order valence-electron chi connectivity index (χ2n) is 6.44. The summed E-state index contributed by atoms with van der Waals surface area (Å²) in [6.07, 6.45) is 1.32. The Labute approximate surface area is 173 Å². The van der Waals surface area contributed by atoms with Gasteiger partial charge in [0.25, 0.3) is 0 Å². The molecule has 2 aromatic carbocycles. The molecule has 0 aliphatic heterocycles. The van der Waals surface area contributed by atoms with Gasteiger partial charge in [0.2, 0.25) is 11.7 Å². The molecule has 0 amide bonds. The fraction of sp³-hybridized carbons (Fsp3) is 0.286. The monoisotopic (exact) mass is 413 g/mol. The number of rotatable bonds is 9. The van der Waals surface area contributed by atoms with E-state index in [1.54, 1.807) is 26.4 Å². The van der Waals surface area contributed by atoms with E-state index in [1.165, 1.54) is 12.1 Å². The van der Waals surface area contributed by atoms with Crippen molar-refractivity contribution < 1.29 is 18.4 Å². The van der Waals surface area contributed by atoms with E-state index in [9.17, 15) is 4.39 Å². The lowest BCUT2D eigenvalue weighted by Crippen LogP contribution is -2.32. The lowest BCUT2D eigenvalue weighted by molar-refractivity contribution is 0.354. The van der Waals surface area contributed by atoms with Gasteiger partial charge in [-0.2, -0.15) is 4.98 Å². The molecule has 30 heavy (non-hydrogen) atoms. The van der Waals surface area contributed by atoms with Crippen molar-refractivity contribution in [2.24, 2.45) is 10.7 Å². The molecule has 0 atom stereocenters. The molecule has 1 aromatic heterocycles. The van der Waals surface area contributed by atoms with E-state index in [0.29, 0.717) is 54.2 Å². The first-order valence-electron chi connectivity index (χ1n) is 9.42. The van der Waals surface area contributed by atoms with Crippen LogP contribution in [0.5, 0.6) is 11.5 Å². The van der Waals surface area contributed by atoms with Gasteiger partial charge in [-0.25, -0.2) is 9.38 Å². The summed E-state index contributed by atoms with van der Waals surface area (Å²) in [5.74, 6) is 2.31. The highest BCUT2D eigenvalue weighted by Crippen LogP contribution is 2.27. The second kappa shape index (κ2) is 10.2. The van der Waals surface area contributed by atoms with Crippen LogP contribution >= 0.6 is 0 Å². The van der Waals surface area contributed by atoms with E-state index in [-0.39, 0.29) is 5.82 Å². The average Bonchev–Trinajstić information content (AvgIpc) is 3.24. The number of benzene rings is 2. The van der Waals surface area contributed by atoms with E-state index in [1.807, 2.05) is 18.2 Å². The molecule has 1 heterocycles. The fourth-order valence-corrected chi connectivity index (χ4v) is 2.74. The van der Waals surface area contributed by atoms with Crippen LogP contribution in [0.25, 0.3) is 11.4 Å². The van der Waals surface area contributed by atoms with Gasteiger partial charge >= 0.3 is 0 Å². The van der Waals surface area contributed by atoms with E-state index >= 15 is 0 Å². The number of nitrogens with zero attached hydrogens (tertiary/aromatic N) is 3. The Balaban J connectivity index is 1.43. The first-order chi connectivity index (χ1) is 14.6. The standard InChI is InChI=1S/C21H24FN5O3/c1-28-17-10-5-14(12-18(17)29-2)13-25-21(23)24-11-3-4-19-26-20(27-30-19)15-6-8-16(22)9-7-15/h5-10,12H,3-4,11,13H2,1-2H3,(H3,23,24,25). The highest BCUT2D eigenvalue weighted by Gasteiger charge is 2.09. The number of hydrogen-bond donors (Lipinski definition) is 2. The quantitative estimate of drug-likeness (QED) is 0.315. The van der Waals surface area contributed by atoms with Crippen molar-refractivity contribution in [1.82, 2.24) is 15.5 Å². The molecule has 0 saturated carbocycles. The summed E-state index contributed by atoms with van der Waals surface area (Å²) in [5, 5.41) is 6.98. The van der Waals surface area contributed by atoms with Crippen LogP contribution in [0.3, 0.4) is 0 Å². The van der Waals surface area contributed by atoms with Gasteiger partial charge < -0.3 is 25.0 Å². The van der Waals surface area contributed by atoms with E-state index in [2.05, 4.69) is 20.4 Å². The molecule has 0 spiro atoms. The minimum absolute atomic E-state index is 0.307. The van der Waals surface area contributed by atoms with Crippen molar-refractivity contribution in [2.75, 3.05) is 20.8 Å². The molecule has 158 valence electrons. The number of aliphatic imine (C=N–C) groups is 1. The Morgan fingerprint density at radius 3 is 2.63 bits per heavy atom. The minimum Gasteiger partial charge on any atom is -0.493 e. The number of aryl methyl sites for hydroxylation is 1. The Hall–Kier alpha value is -3.62. The van der Waals surface area contributed by atoms with Crippen LogP contribution in [-0.2, 0) is 13.0 Å². The Morgan fingerprint density at radius 1 is 1.13 bits per heavy atom. The summed E-state index contributed by atoms with van der Waals surface area (Å²) in [7, 11) is 3.18. The second-order valence-corrected chi connectivity index (χ2v) is 6.44. The van der Waals surface area contributed by atoms with E-state index in [4.69, 9.17) is 19.7 Å². The molecule has 3 N–H and O–H groups in total. The number of guanidine groups is 1. The summed E-state index contributed by atoms with van der Waals surface area (Å²) in [6.45, 7) is 1.03. The van der Waals surface area contributed by atoms with Gasteiger partial charge in [-0.1, -0.05) is 11.2 Å². The summed E-state index contributed by atoms with van der Waals surface area (Å²) in [6, 6.07) is 11.6. The molecule has 0 saturated heterocycles. The van der Waals surface area contributed by atoms with Crippen LogP contribution in [0.2, 0.25) is 0 Å². The molecule has 0 aliphatic carbocycles. The fourth-order valence-electron chi connectivity index (χ4n) is 2.74. The lowest BCUT2D eigenvalue weighted by Gasteiger charge is -2.09. The zero-order valence-corrected chi connectivity index (χ0v) is 16.9. The number of hydrogen-bond acceptors (Lipinski definition) is 6. The van der Waals surface area contributed by atoms with Crippen LogP contribution in [-0.4, -0.2) is 36.9 Å². The third-order valence-corrected chi connectivity index (χ3v) is 4.32. The van der Waals surface area contributed by atoms with Crippen LogP contribution < -0.4 is 20.5 Å². The molecule has 0 bridgehead atoms. The summed E-state index contributed by atoms with van der Waals surface area (Å²) < 4.78 is 28.7. The molecular formula is C21H24FN5O3. The third-order valence-electron chi connectivity index (χ3n) is 4.32. The molecule has 0 aliphatic rings. The Kier molecular flexibility index (Phi) is 7.20. The van der Waals surface area contributed by atoms with Crippen molar-refractivity contribution in [2.45, 2.75) is 19.4 Å². The number of halogens is 1. The maximum atomic E-state index is 13.0. The van der Waals surface area contributed by atoms with Gasteiger partial charge in [0, 0.05) is 18.5 Å². The predicted molar refractivity (Wildman–Crippen MR) is 111 cm³/mol. The van der Waals surface area contributed by atoms with Crippen molar-refractivity contribution in [1.29, 1.82) is 0 Å². The molecule has 0 fully saturated rings. The van der Waals surface area contributed by atoms with Gasteiger partial charge in [0.15, 0.2) is 17.5 Å². The summed E-state index contributed by atoms with van der Waals surface area (Å²) in [4.78, 5) is 8.65. The van der Waals surface area contributed by atoms with Crippen LogP contribution in [0.15, 0.2) is 52.0 Å². The van der Waals surface area contributed by atoms with Gasteiger partial charge in [0.05, 0.1) is 20.8 Å². The van der Waals surface area contributed by atoms with Gasteiger partial charge in [-0.05, 0) is 48.4 Å². The topological polar surface area (TPSA) is 108 Å². The minimum atomic E-state index is -0.307. The predicted octanol–water partition coefficient (Wildman–Crippen LogP) is 2.93. The number of ether oxygens (including phenoxy) is 2. The number of aromatic nitrogens is 2. The molecule has 3 rings (SSSR count). The first-order valence-corrected chi connectivity index (χ1v) is 9.42. The van der Waals surface area contributed by atoms with Crippen molar-refractivity contribution in [3.05, 3.63) is 59.7 Å². The lowest BCUT2D eigenvalue weighted by atomic mass is 10.2. The SMILES string of the molecule is COc1ccc(CN=C(N)NCCCc2nc(-c3ccc(F)cc3)no2)cc1OC. The van der Waals surface area contributed by atoms with Crippen LogP contribution in [0.4, 0.5) is 4.39 Å².